The van der Waals surface area contributed by atoms with Crippen molar-refractivity contribution < 1.29 is 33.8 Å². The van der Waals surface area contributed by atoms with Gasteiger partial charge in [0.1, 0.15) is 28.9 Å². The molecule has 3 amide bonds. The van der Waals surface area contributed by atoms with Gasteiger partial charge in [-0.3, -0.25) is 14.4 Å². The molecular weight excluding hydrogens is 920 g/mol. The number of carbonyl (C=O) groups is 4. The first-order chi connectivity index (χ1) is 29.2. The average Bonchev–Trinajstić information content (AvgIpc) is 3.79. The number of carboxylic acid groups (broad SMARTS) is 1. The summed E-state index contributed by atoms with van der Waals surface area (Å²) in [5.41, 5.74) is 19.2. The molecule has 0 radical (unpaired) electrons. The monoisotopic (exact) mass is 958 g/mol. The third-order valence-corrected chi connectivity index (χ3v) is 12.5. The van der Waals surface area contributed by atoms with Crippen LogP contribution in [0.25, 0.3) is 11.0 Å². The van der Waals surface area contributed by atoms with E-state index in [-0.39, 0.29) is 35.3 Å². The van der Waals surface area contributed by atoms with Crippen molar-refractivity contribution in [3.05, 3.63) is 105 Å². The number of nitrogens with zero attached hydrogens (tertiary/aromatic N) is 8. The number of nitrogens with one attached hydrogen (secondary N) is 1. The normalized spacial score (nSPS) is 24.4. The highest BCUT2D eigenvalue weighted by molar-refractivity contribution is 9.10. The summed E-state index contributed by atoms with van der Waals surface area (Å²) in [6, 6.07) is 14.1. The van der Waals surface area contributed by atoms with Crippen molar-refractivity contribution in [2.75, 3.05) is 0 Å². The number of nitrogens with two attached hydrogens (primary N) is 3. The third kappa shape index (κ3) is 8.89. The summed E-state index contributed by atoms with van der Waals surface area (Å²) in [4.78, 5) is 54.2. The number of hydrogen-bond acceptors (Lipinski definition) is 13. The molecule has 61 heavy (non-hydrogen) atoms. The summed E-state index contributed by atoms with van der Waals surface area (Å²) in [6.45, 7) is 0. The second-order valence-electron chi connectivity index (χ2n) is 16.0. The van der Waals surface area contributed by atoms with Gasteiger partial charge in [0.2, 0.25) is 11.8 Å². The number of primary amides is 2. The Morgan fingerprint density at radius 2 is 1.15 bits per heavy atom. The van der Waals surface area contributed by atoms with Crippen LogP contribution in [-0.4, -0.2) is 92.7 Å². The number of amides is 3. The molecule has 4 aliphatic rings. The van der Waals surface area contributed by atoms with Crippen LogP contribution in [0.4, 0.5) is 0 Å². The maximum absolute atomic E-state index is 12.6. The van der Waals surface area contributed by atoms with Crippen LogP contribution in [0.1, 0.15) is 93.1 Å². The van der Waals surface area contributed by atoms with E-state index in [1.54, 1.807) is 65.7 Å². The van der Waals surface area contributed by atoms with Gasteiger partial charge in [-0.25, -0.2) is 23.8 Å². The van der Waals surface area contributed by atoms with Gasteiger partial charge >= 0.3 is 5.97 Å². The van der Waals surface area contributed by atoms with E-state index in [2.05, 4.69) is 67.8 Å². The molecule has 2 spiro atoms. The molecule has 0 aromatic carbocycles. The number of ether oxygens (including phenoxy) is 2. The zero-order valence-electron chi connectivity index (χ0n) is 32.4. The second kappa shape index (κ2) is 16.8. The van der Waals surface area contributed by atoms with E-state index < -0.39 is 17.8 Å². The van der Waals surface area contributed by atoms with Crippen molar-refractivity contribution in [2.24, 2.45) is 28.0 Å². The molecule has 8 N–H and O–H groups in total. The minimum Gasteiger partial charge on any atom is -0.476 e. The van der Waals surface area contributed by atoms with E-state index in [9.17, 15) is 19.2 Å². The Hall–Kier alpha value is -6.06. The van der Waals surface area contributed by atoms with Crippen LogP contribution in [0, 0.1) is 10.8 Å². The number of aromatic nitrogens is 8. The lowest BCUT2D eigenvalue weighted by molar-refractivity contribution is -0.0848. The fraction of sp³-hybridized carbons (Fsp3) is 0.350. The van der Waals surface area contributed by atoms with Crippen LogP contribution < -0.4 is 32.0 Å². The molecule has 0 bridgehead atoms. The molecule has 6 aromatic heterocycles. The summed E-state index contributed by atoms with van der Waals surface area (Å²) in [6.07, 6.45) is 14.5. The fourth-order valence-electron chi connectivity index (χ4n) is 8.75. The first-order valence-corrected chi connectivity index (χ1v) is 20.9. The minimum absolute atomic E-state index is 0.00869. The SMILES string of the molecule is NC(=O)c1cccnc1OC1CC2(CC(N)C2)C1.NC(=O)c1cccnc1OC1CC2(CC(NC(=O)c3nnn4cc(Br)ccc34)C2)C1.O=C(O)c1nnn2cc(Br)ccc12. The molecule has 0 atom stereocenters. The summed E-state index contributed by atoms with van der Waals surface area (Å²) in [5.74, 6) is -1.69. The molecule has 19 nitrogen and oxygen atoms in total. The maximum atomic E-state index is 12.6. The topological polar surface area (TPSA) is 283 Å². The number of aromatic carboxylic acids is 1. The highest BCUT2D eigenvalue weighted by Crippen LogP contribution is 2.57. The van der Waals surface area contributed by atoms with E-state index in [1.165, 1.54) is 4.52 Å². The first-order valence-electron chi connectivity index (χ1n) is 19.3. The molecule has 6 aromatic rings. The Morgan fingerprint density at radius 3 is 1.61 bits per heavy atom. The quantitative estimate of drug-likeness (QED) is 0.136. The molecule has 0 unspecified atom stereocenters. The van der Waals surface area contributed by atoms with Gasteiger partial charge in [-0.15, -0.1) is 10.2 Å². The molecule has 316 valence electrons. The lowest BCUT2D eigenvalue weighted by atomic mass is 9.53. The number of rotatable bonds is 9. The smallest absolute Gasteiger partial charge is 0.358 e. The zero-order chi connectivity index (χ0) is 43.1. The van der Waals surface area contributed by atoms with Crippen molar-refractivity contribution in [1.82, 2.24) is 44.9 Å². The first kappa shape index (κ1) is 41.7. The van der Waals surface area contributed by atoms with Crippen molar-refractivity contribution >= 4 is 66.6 Å². The Labute approximate surface area is 364 Å². The summed E-state index contributed by atoms with van der Waals surface area (Å²) in [7, 11) is 0. The van der Waals surface area contributed by atoms with E-state index >= 15 is 0 Å². The highest BCUT2D eigenvalue weighted by atomic mass is 79.9. The van der Waals surface area contributed by atoms with Gasteiger partial charge in [-0.05, 0) is 143 Å². The van der Waals surface area contributed by atoms with Crippen LogP contribution in [-0.2, 0) is 0 Å². The number of fused-ring (bicyclic) bond motifs is 2. The average molecular weight is 961 g/mol. The molecule has 4 saturated carbocycles. The summed E-state index contributed by atoms with van der Waals surface area (Å²) < 4.78 is 16.3. The predicted octanol–water partition coefficient (Wildman–Crippen LogP) is 4.12. The van der Waals surface area contributed by atoms with Crippen molar-refractivity contribution in [2.45, 2.75) is 75.7 Å². The highest BCUT2D eigenvalue weighted by Gasteiger charge is 2.55. The third-order valence-electron chi connectivity index (χ3n) is 11.5. The molecule has 4 fully saturated rings. The van der Waals surface area contributed by atoms with Crippen molar-refractivity contribution in [1.29, 1.82) is 0 Å². The van der Waals surface area contributed by atoms with E-state index in [0.29, 0.717) is 51.1 Å². The van der Waals surface area contributed by atoms with Gasteiger partial charge in [0.15, 0.2) is 11.4 Å². The number of carbonyl (C=O) groups excluding carboxylic acids is 3. The van der Waals surface area contributed by atoms with Gasteiger partial charge in [0, 0.05) is 45.8 Å². The van der Waals surface area contributed by atoms with Gasteiger partial charge in [-0.1, -0.05) is 10.4 Å². The van der Waals surface area contributed by atoms with Gasteiger partial charge in [-0.2, -0.15) is 0 Å². The summed E-state index contributed by atoms with van der Waals surface area (Å²) >= 11 is 6.62. The molecule has 21 heteroatoms. The van der Waals surface area contributed by atoms with Crippen LogP contribution in [0.15, 0.2) is 82.3 Å². The molecular formula is C40H40Br2N12O7. The number of carboxylic acids is 1. The maximum Gasteiger partial charge on any atom is 0.358 e. The Kier molecular flexibility index (Phi) is 11.5. The summed E-state index contributed by atoms with van der Waals surface area (Å²) in [5, 5.41) is 27.0. The molecule has 4 aliphatic carbocycles. The second-order valence-corrected chi connectivity index (χ2v) is 17.9. The molecule has 0 saturated heterocycles. The Bertz CT molecular complexity index is 2650. The van der Waals surface area contributed by atoms with Crippen LogP contribution in [0.3, 0.4) is 0 Å². The van der Waals surface area contributed by atoms with Gasteiger partial charge in [0.25, 0.3) is 17.7 Å². The van der Waals surface area contributed by atoms with Crippen molar-refractivity contribution in [3.8, 4) is 11.8 Å². The predicted molar refractivity (Wildman–Crippen MR) is 224 cm³/mol. The van der Waals surface area contributed by atoms with Gasteiger partial charge < -0.3 is 37.1 Å². The Balaban J connectivity index is 0.000000140. The number of hydrogen-bond donors (Lipinski definition) is 5. The number of pyridine rings is 4. The minimum atomic E-state index is -1.07. The number of halogens is 2. The van der Waals surface area contributed by atoms with Crippen LogP contribution in [0.5, 0.6) is 11.8 Å². The fourth-order valence-corrected chi connectivity index (χ4v) is 9.41. The van der Waals surface area contributed by atoms with E-state index in [0.717, 1.165) is 60.3 Å². The lowest BCUT2D eigenvalue weighted by Gasteiger charge is -2.57. The lowest BCUT2D eigenvalue weighted by Crippen LogP contribution is -2.58. The van der Waals surface area contributed by atoms with Gasteiger partial charge in [0.05, 0.1) is 5.52 Å². The Morgan fingerprint density at radius 1 is 0.689 bits per heavy atom. The molecule has 10 rings (SSSR count). The molecule has 0 aliphatic heterocycles. The van der Waals surface area contributed by atoms with Crippen molar-refractivity contribution in [3.63, 3.8) is 0 Å². The van der Waals surface area contributed by atoms with Crippen LogP contribution in [0.2, 0.25) is 0 Å². The van der Waals surface area contributed by atoms with Crippen LogP contribution >= 0.6 is 31.9 Å². The molecule has 6 heterocycles. The standard InChI is InChI=1S/C20H19BrN6O3.C13H17N3O2.C7H4BrN3O2/c21-11-3-4-15-16(25-26-27(15)10-11)18(29)24-12-6-20(7-12)8-13(9-20)30-19-14(17(22)28)2-1-5-23-19;14-8-4-13(5-8)6-9(7-13)18-12-10(11(15)17)2-1-3-16-12;8-4-1-2-5-6(7(12)13)9-10-11(5)3-4/h1-5,10,12-13H,6-9H2,(H2,22,28)(H,24,29);1-3,8-9H,4-7,14H2,(H2,15,17);1-3H,(H,12,13). The largest absolute Gasteiger partial charge is 0.476 e. The zero-order valence-corrected chi connectivity index (χ0v) is 35.5. The van der Waals surface area contributed by atoms with E-state index in [4.69, 9.17) is 31.8 Å². The van der Waals surface area contributed by atoms with E-state index in [1.807, 2.05) is 12.1 Å².